The molecule has 0 amide bonds. The van der Waals surface area contributed by atoms with Gasteiger partial charge in [0.1, 0.15) is 17.0 Å². The third kappa shape index (κ3) is 3.86. The molecule has 0 bridgehead atoms. The van der Waals surface area contributed by atoms with E-state index in [2.05, 4.69) is 19.6 Å². The Labute approximate surface area is 160 Å². The van der Waals surface area contributed by atoms with Crippen LogP contribution < -0.4 is 5.56 Å². The molecule has 26 heavy (non-hydrogen) atoms. The van der Waals surface area contributed by atoms with Gasteiger partial charge in [0.2, 0.25) is 21.9 Å². The molecule has 3 aromatic heterocycles. The van der Waals surface area contributed by atoms with Crippen LogP contribution in [-0.2, 0) is 15.8 Å². The van der Waals surface area contributed by atoms with Gasteiger partial charge in [-0.3, -0.25) is 4.79 Å². The molecule has 0 fully saturated rings. The van der Waals surface area contributed by atoms with E-state index in [1.54, 1.807) is 19.9 Å². The van der Waals surface area contributed by atoms with E-state index >= 15 is 0 Å². The zero-order valence-corrected chi connectivity index (χ0v) is 16.2. The molecule has 0 atom stereocenters. The van der Waals surface area contributed by atoms with E-state index in [1.165, 1.54) is 20.7 Å². The van der Waals surface area contributed by atoms with Gasteiger partial charge in [-0.05, 0) is 31.4 Å². The quantitative estimate of drug-likeness (QED) is 0.196. The van der Waals surface area contributed by atoms with Crippen LogP contribution in [-0.4, -0.2) is 30.4 Å². The molecule has 0 spiro atoms. The van der Waals surface area contributed by atoms with Crippen LogP contribution in [0.2, 0.25) is 0 Å². The number of nitrogens with zero attached hydrogens (tertiary/aromatic N) is 6. The van der Waals surface area contributed by atoms with Crippen LogP contribution in [0.4, 0.5) is 10.8 Å². The van der Waals surface area contributed by atoms with Crippen molar-refractivity contribution in [3.05, 3.63) is 27.9 Å². The molecule has 3 heterocycles. The zero-order chi connectivity index (χ0) is 18.5. The Bertz CT molecular complexity index is 946. The van der Waals surface area contributed by atoms with Crippen molar-refractivity contribution in [2.24, 2.45) is 10.2 Å². The van der Waals surface area contributed by atoms with Gasteiger partial charge in [-0.2, -0.15) is 13.7 Å². The lowest BCUT2D eigenvalue weighted by Crippen LogP contribution is -2.20. The van der Waals surface area contributed by atoms with Gasteiger partial charge in [0.15, 0.2) is 0 Å². The Kier molecular flexibility index (Phi) is 6.16. The van der Waals surface area contributed by atoms with Crippen LogP contribution in [0.15, 0.2) is 37.7 Å². The summed E-state index contributed by atoms with van der Waals surface area (Å²) < 4.78 is 11.6. The number of hydrogen-bond acceptors (Lipinski definition) is 11. The maximum absolute atomic E-state index is 12.5. The number of rotatable bonds is 8. The monoisotopic (exact) mass is 414 g/mol. The Hall–Kier alpha value is -2.06. The normalized spacial score (nSPS) is 11.6. The molecule has 10 nitrogen and oxygen atoms in total. The third-order valence-electron chi connectivity index (χ3n) is 3.01. The maximum atomic E-state index is 12.5. The first-order chi connectivity index (χ1) is 12.7. The number of azo groups is 1. The minimum absolute atomic E-state index is 0.157. The lowest BCUT2D eigenvalue weighted by molar-refractivity contribution is -0.185. The van der Waals surface area contributed by atoms with E-state index < -0.39 is 5.56 Å². The molecule has 0 aliphatic rings. The van der Waals surface area contributed by atoms with Gasteiger partial charge in [0.25, 0.3) is 5.56 Å². The average molecular weight is 414 g/mol. The zero-order valence-electron chi connectivity index (χ0n) is 13.7. The summed E-state index contributed by atoms with van der Waals surface area (Å²) in [7, 11) is 0. The highest BCUT2D eigenvalue weighted by atomic mass is 32.2. The van der Waals surface area contributed by atoms with Gasteiger partial charge in [-0.25, -0.2) is 14.3 Å². The molecular weight excluding hydrogens is 400 g/mol. The van der Waals surface area contributed by atoms with E-state index in [4.69, 9.17) is 9.22 Å². The fraction of sp³-hybridized carbons (Fsp3) is 0.308. The molecule has 0 aliphatic heterocycles. The molecular formula is C13H14N6O4S3. The number of thiophene rings is 1. The lowest BCUT2D eigenvalue weighted by Gasteiger charge is -2.07. The molecule has 138 valence electrons. The summed E-state index contributed by atoms with van der Waals surface area (Å²) in [6, 6.07) is 3.62. The van der Waals surface area contributed by atoms with Crippen molar-refractivity contribution < 1.29 is 14.3 Å². The van der Waals surface area contributed by atoms with E-state index in [-0.39, 0.29) is 16.7 Å². The number of aromatic nitrogens is 4. The molecule has 3 rings (SSSR count). The second-order valence-electron chi connectivity index (χ2n) is 4.57. The van der Waals surface area contributed by atoms with Gasteiger partial charge in [0, 0.05) is 18.1 Å². The van der Waals surface area contributed by atoms with Crippen molar-refractivity contribution >= 4 is 45.7 Å². The van der Waals surface area contributed by atoms with Crippen molar-refractivity contribution in [1.29, 1.82) is 0 Å². The molecule has 0 saturated carbocycles. The second kappa shape index (κ2) is 8.55. The molecule has 13 heteroatoms. The molecule has 0 aromatic carbocycles. The summed E-state index contributed by atoms with van der Waals surface area (Å²) in [5.74, 6) is -0.276. The minimum Gasteiger partial charge on any atom is -0.492 e. The SMILES string of the molecule is CCOOSc1nsc(N=Nc2c(O)n(-c3cccs3)n(CC)c2=O)n1. The predicted molar refractivity (Wildman–Crippen MR) is 97.9 cm³/mol. The predicted octanol–water partition coefficient (Wildman–Crippen LogP) is 3.67. The molecule has 0 aliphatic carbocycles. The van der Waals surface area contributed by atoms with Gasteiger partial charge in [-0.15, -0.1) is 21.6 Å². The Morgan fingerprint density at radius 1 is 1.38 bits per heavy atom. The van der Waals surface area contributed by atoms with Crippen LogP contribution in [0.1, 0.15) is 13.8 Å². The van der Waals surface area contributed by atoms with Crippen LogP contribution in [0.5, 0.6) is 5.88 Å². The Morgan fingerprint density at radius 2 is 2.23 bits per heavy atom. The van der Waals surface area contributed by atoms with Crippen molar-refractivity contribution in [2.75, 3.05) is 6.61 Å². The Balaban J connectivity index is 1.86. The second-order valence-corrected chi connectivity index (χ2v) is 6.90. The van der Waals surface area contributed by atoms with Crippen LogP contribution in [0.25, 0.3) is 5.00 Å². The highest BCUT2D eigenvalue weighted by Gasteiger charge is 2.20. The largest absolute Gasteiger partial charge is 0.492 e. The summed E-state index contributed by atoms with van der Waals surface area (Å²) in [5.41, 5.74) is -0.601. The van der Waals surface area contributed by atoms with Gasteiger partial charge >= 0.3 is 0 Å². The summed E-state index contributed by atoms with van der Waals surface area (Å²) in [5, 5.41) is 21.3. The molecule has 0 unspecified atom stereocenters. The lowest BCUT2D eigenvalue weighted by atomic mass is 10.5. The third-order valence-corrected chi connectivity index (χ3v) is 5.07. The van der Waals surface area contributed by atoms with Crippen LogP contribution >= 0.6 is 34.9 Å². The summed E-state index contributed by atoms with van der Waals surface area (Å²) in [6.45, 7) is 4.35. The summed E-state index contributed by atoms with van der Waals surface area (Å²) >= 11 is 3.22. The van der Waals surface area contributed by atoms with Crippen LogP contribution in [0, 0.1) is 0 Å². The highest BCUT2D eigenvalue weighted by Crippen LogP contribution is 2.31. The van der Waals surface area contributed by atoms with E-state index in [1.807, 2.05) is 11.4 Å². The first-order valence-electron chi connectivity index (χ1n) is 7.46. The Morgan fingerprint density at radius 3 is 2.92 bits per heavy atom. The fourth-order valence-corrected chi connectivity index (χ4v) is 3.75. The van der Waals surface area contributed by atoms with Gasteiger partial charge < -0.3 is 5.11 Å². The van der Waals surface area contributed by atoms with E-state index in [0.717, 1.165) is 23.6 Å². The average Bonchev–Trinajstić information content (AvgIpc) is 3.35. The van der Waals surface area contributed by atoms with Gasteiger partial charge in [0.05, 0.1) is 6.61 Å². The van der Waals surface area contributed by atoms with Crippen molar-refractivity contribution in [3.8, 4) is 10.9 Å². The molecule has 0 saturated heterocycles. The minimum atomic E-state index is -0.444. The van der Waals surface area contributed by atoms with Crippen molar-refractivity contribution in [1.82, 2.24) is 18.7 Å². The van der Waals surface area contributed by atoms with Gasteiger partial charge in [-0.1, -0.05) is 0 Å². The smallest absolute Gasteiger partial charge is 0.298 e. The maximum Gasteiger partial charge on any atom is 0.298 e. The molecule has 3 aromatic rings. The topological polar surface area (TPSA) is 116 Å². The summed E-state index contributed by atoms with van der Waals surface area (Å²) in [6.07, 6.45) is 0. The van der Waals surface area contributed by atoms with E-state index in [9.17, 15) is 9.90 Å². The molecule has 1 N–H and O–H groups in total. The van der Waals surface area contributed by atoms with E-state index in [0.29, 0.717) is 23.3 Å². The highest BCUT2D eigenvalue weighted by molar-refractivity contribution is 7.94. The fourth-order valence-electron chi connectivity index (χ4n) is 1.98. The molecule has 0 radical (unpaired) electrons. The van der Waals surface area contributed by atoms with Crippen molar-refractivity contribution in [2.45, 2.75) is 25.5 Å². The van der Waals surface area contributed by atoms with Crippen LogP contribution in [0.3, 0.4) is 0 Å². The van der Waals surface area contributed by atoms with Crippen molar-refractivity contribution in [3.63, 3.8) is 0 Å². The first-order valence-corrected chi connectivity index (χ1v) is 9.85. The summed E-state index contributed by atoms with van der Waals surface area (Å²) in [4.78, 5) is 21.3. The number of hydrogen-bond donors (Lipinski definition) is 1. The first kappa shape index (κ1) is 18.7. The number of aromatic hydroxyl groups is 1. The standard InChI is InChI=1S/C13H14N6O4S3/c1-3-18-10(20)9(11(21)19(18)8-6-5-7-24-8)15-16-12-14-13(17-25-12)26-23-22-4-2/h5-7,21H,3-4H2,1-2H3.